The van der Waals surface area contributed by atoms with E-state index in [1.54, 1.807) is 0 Å². The number of rotatable bonds is 1. The highest BCUT2D eigenvalue weighted by molar-refractivity contribution is 4.88. The lowest BCUT2D eigenvalue weighted by molar-refractivity contribution is 0.732. The molecule has 0 aliphatic rings. The quantitative estimate of drug-likeness (QED) is 0.578. The number of nitrogens with one attached hydrogen (secondary N) is 2. The van der Waals surface area contributed by atoms with Crippen molar-refractivity contribution in [3.8, 4) is 0 Å². The first-order valence-corrected chi connectivity index (χ1v) is 3.30. The van der Waals surface area contributed by atoms with E-state index in [1.165, 1.54) is 0 Å². The normalized spacial score (nSPS) is 10.5. The molecule has 1 aromatic rings. The maximum atomic E-state index is 10.7. The molecule has 5 heteroatoms. The van der Waals surface area contributed by atoms with E-state index in [9.17, 15) is 9.59 Å². The maximum Gasteiger partial charge on any atom is 0.350 e. The van der Waals surface area contributed by atoms with E-state index in [4.69, 9.17) is 0 Å². The second-order valence-electron chi connectivity index (χ2n) is 2.54. The highest BCUT2D eigenvalue weighted by Crippen LogP contribution is 2.02. The van der Waals surface area contributed by atoms with E-state index in [2.05, 4.69) is 9.97 Å². The molecule has 0 saturated heterocycles. The third-order valence-electron chi connectivity index (χ3n) is 1.23. The highest BCUT2D eigenvalue weighted by Gasteiger charge is 2.01. The SMILES string of the molecule is CC(C)c1nc(=O)[nH]c(=O)[nH]1. The van der Waals surface area contributed by atoms with Crippen molar-refractivity contribution in [2.75, 3.05) is 0 Å². The zero-order valence-electron chi connectivity index (χ0n) is 6.34. The minimum absolute atomic E-state index is 0.0602. The van der Waals surface area contributed by atoms with Crippen LogP contribution in [0.25, 0.3) is 0 Å². The number of hydrogen-bond donors (Lipinski definition) is 2. The minimum Gasteiger partial charge on any atom is -0.295 e. The monoisotopic (exact) mass is 155 g/mol. The van der Waals surface area contributed by atoms with Crippen molar-refractivity contribution in [1.82, 2.24) is 15.0 Å². The fourth-order valence-electron chi connectivity index (χ4n) is 0.683. The van der Waals surface area contributed by atoms with Crippen molar-refractivity contribution >= 4 is 0 Å². The molecule has 0 atom stereocenters. The van der Waals surface area contributed by atoms with Gasteiger partial charge in [-0.05, 0) is 0 Å². The number of aromatic amines is 2. The Morgan fingerprint density at radius 1 is 1.27 bits per heavy atom. The molecule has 0 fully saturated rings. The van der Waals surface area contributed by atoms with Crippen molar-refractivity contribution in [1.29, 1.82) is 0 Å². The molecule has 0 unspecified atom stereocenters. The van der Waals surface area contributed by atoms with Crippen LogP contribution < -0.4 is 11.4 Å². The molecule has 1 heterocycles. The lowest BCUT2D eigenvalue weighted by Gasteiger charge is -1.99. The molecule has 5 nitrogen and oxygen atoms in total. The van der Waals surface area contributed by atoms with Crippen LogP contribution in [0.1, 0.15) is 25.6 Å². The van der Waals surface area contributed by atoms with Crippen LogP contribution in [0.15, 0.2) is 9.59 Å². The van der Waals surface area contributed by atoms with Gasteiger partial charge in [-0.25, -0.2) is 9.59 Å². The summed E-state index contributed by atoms with van der Waals surface area (Å²) in [4.78, 5) is 29.3. The minimum atomic E-state index is -0.600. The molecular weight excluding hydrogens is 146 g/mol. The number of aromatic nitrogens is 3. The third kappa shape index (κ3) is 1.76. The predicted molar refractivity (Wildman–Crippen MR) is 39.6 cm³/mol. The summed E-state index contributed by atoms with van der Waals surface area (Å²) < 4.78 is 0. The van der Waals surface area contributed by atoms with E-state index < -0.39 is 11.4 Å². The topological polar surface area (TPSA) is 78.6 Å². The van der Waals surface area contributed by atoms with Crippen LogP contribution in [0.3, 0.4) is 0 Å². The first-order chi connectivity index (χ1) is 5.09. The van der Waals surface area contributed by atoms with Crippen LogP contribution in [0.5, 0.6) is 0 Å². The smallest absolute Gasteiger partial charge is 0.295 e. The van der Waals surface area contributed by atoms with Crippen molar-refractivity contribution in [2.45, 2.75) is 19.8 Å². The van der Waals surface area contributed by atoms with Gasteiger partial charge in [-0.15, -0.1) is 0 Å². The first kappa shape index (κ1) is 7.71. The molecule has 0 aliphatic carbocycles. The van der Waals surface area contributed by atoms with Crippen LogP contribution in [-0.2, 0) is 0 Å². The average molecular weight is 155 g/mol. The molecule has 11 heavy (non-hydrogen) atoms. The first-order valence-electron chi connectivity index (χ1n) is 3.30. The standard InChI is InChI=1S/C6H9N3O2/c1-3(2)4-7-5(10)9-6(11)8-4/h3H,1-2H3,(H2,7,8,9,10,11). The van der Waals surface area contributed by atoms with Crippen molar-refractivity contribution in [2.24, 2.45) is 0 Å². The van der Waals surface area contributed by atoms with Gasteiger partial charge in [0.15, 0.2) is 0 Å². The summed E-state index contributed by atoms with van der Waals surface area (Å²) in [6.07, 6.45) is 0. The Balaban J connectivity index is 3.30. The van der Waals surface area contributed by atoms with Gasteiger partial charge in [0.2, 0.25) is 0 Å². The molecule has 2 N–H and O–H groups in total. The Kier molecular flexibility index (Phi) is 1.89. The summed E-state index contributed by atoms with van der Waals surface area (Å²) in [6.45, 7) is 3.69. The lowest BCUT2D eigenvalue weighted by atomic mass is 10.2. The van der Waals surface area contributed by atoms with Gasteiger partial charge in [0.1, 0.15) is 5.82 Å². The summed E-state index contributed by atoms with van der Waals surface area (Å²) in [6, 6.07) is 0. The maximum absolute atomic E-state index is 10.7. The van der Waals surface area contributed by atoms with Crippen LogP contribution in [-0.4, -0.2) is 15.0 Å². The summed E-state index contributed by atoms with van der Waals surface area (Å²) in [5.41, 5.74) is -1.11. The Hall–Kier alpha value is -1.39. The van der Waals surface area contributed by atoms with E-state index in [0.717, 1.165) is 0 Å². The molecule has 0 saturated carbocycles. The lowest BCUT2D eigenvalue weighted by Crippen LogP contribution is -2.27. The fourth-order valence-corrected chi connectivity index (χ4v) is 0.683. The van der Waals surface area contributed by atoms with Crippen LogP contribution in [0.4, 0.5) is 0 Å². The fraction of sp³-hybridized carbons (Fsp3) is 0.500. The summed E-state index contributed by atoms with van der Waals surface area (Å²) >= 11 is 0. The largest absolute Gasteiger partial charge is 0.350 e. The number of hydrogen-bond acceptors (Lipinski definition) is 3. The molecule has 0 aromatic carbocycles. The van der Waals surface area contributed by atoms with Gasteiger partial charge in [0.05, 0.1) is 0 Å². The summed E-state index contributed by atoms with van der Waals surface area (Å²) in [5, 5.41) is 0. The van der Waals surface area contributed by atoms with Gasteiger partial charge in [-0.2, -0.15) is 4.98 Å². The van der Waals surface area contributed by atoms with Crippen molar-refractivity contribution < 1.29 is 0 Å². The average Bonchev–Trinajstić information content (AvgIpc) is 1.85. The van der Waals surface area contributed by atoms with E-state index >= 15 is 0 Å². The van der Waals surface area contributed by atoms with Gasteiger partial charge in [0.25, 0.3) is 0 Å². The van der Waals surface area contributed by atoms with Crippen LogP contribution in [0, 0.1) is 0 Å². The molecule has 60 valence electrons. The van der Waals surface area contributed by atoms with Gasteiger partial charge in [-0.3, -0.25) is 9.97 Å². The summed E-state index contributed by atoms with van der Waals surface area (Å²) in [5.74, 6) is 0.476. The Morgan fingerprint density at radius 3 is 2.36 bits per heavy atom. The zero-order valence-corrected chi connectivity index (χ0v) is 6.34. The van der Waals surface area contributed by atoms with Gasteiger partial charge >= 0.3 is 11.4 Å². The van der Waals surface area contributed by atoms with Crippen LogP contribution >= 0.6 is 0 Å². The van der Waals surface area contributed by atoms with Gasteiger partial charge in [-0.1, -0.05) is 13.8 Å². The van der Waals surface area contributed by atoms with Gasteiger partial charge in [0, 0.05) is 5.92 Å². The number of H-pyrrole nitrogens is 2. The van der Waals surface area contributed by atoms with Crippen LogP contribution in [0.2, 0.25) is 0 Å². The second kappa shape index (κ2) is 2.69. The molecule has 0 radical (unpaired) electrons. The van der Waals surface area contributed by atoms with E-state index in [0.29, 0.717) is 5.82 Å². The molecular formula is C6H9N3O2. The Morgan fingerprint density at radius 2 is 1.91 bits per heavy atom. The van der Waals surface area contributed by atoms with E-state index in [1.807, 2.05) is 18.8 Å². The highest BCUT2D eigenvalue weighted by atomic mass is 16.2. The molecule has 0 bridgehead atoms. The second-order valence-corrected chi connectivity index (χ2v) is 2.54. The van der Waals surface area contributed by atoms with Crippen molar-refractivity contribution in [3.63, 3.8) is 0 Å². The van der Waals surface area contributed by atoms with Gasteiger partial charge < -0.3 is 0 Å². The molecule has 1 rings (SSSR count). The molecule has 0 spiro atoms. The van der Waals surface area contributed by atoms with Crippen molar-refractivity contribution in [3.05, 3.63) is 26.8 Å². The zero-order chi connectivity index (χ0) is 8.43. The predicted octanol–water partition coefficient (Wildman–Crippen LogP) is -0.418. The Labute approximate surface area is 62.5 Å². The molecule has 0 amide bonds. The molecule has 0 aliphatic heterocycles. The third-order valence-corrected chi connectivity index (χ3v) is 1.23. The summed E-state index contributed by atoms with van der Waals surface area (Å²) in [7, 11) is 0. The van der Waals surface area contributed by atoms with E-state index in [-0.39, 0.29) is 5.92 Å². The number of nitrogens with zero attached hydrogens (tertiary/aromatic N) is 1. The molecule has 1 aromatic heterocycles. The Bertz CT molecular complexity index is 321.